The van der Waals surface area contributed by atoms with Crippen LogP contribution in [0, 0.1) is 34.0 Å². The summed E-state index contributed by atoms with van der Waals surface area (Å²) in [6, 6.07) is 5.21. The summed E-state index contributed by atoms with van der Waals surface area (Å²) in [6.45, 7) is 0.482. The molecular weight excluding hydrogens is 244 g/mol. The summed E-state index contributed by atoms with van der Waals surface area (Å²) in [7, 11) is 0. The molecular formula is C13H14N4O2. The van der Waals surface area contributed by atoms with E-state index in [1.807, 2.05) is 11.0 Å². The molecule has 0 unspecified atom stereocenters. The molecule has 1 saturated heterocycles. The van der Waals surface area contributed by atoms with Gasteiger partial charge < -0.3 is 15.1 Å². The maximum absolute atomic E-state index is 9.44. The number of allylic oxidation sites excluding steroid dienone is 1. The first-order valence-electron chi connectivity index (χ1n) is 5.87. The first-order chi connectivity index (χ1) is 9.23. The number of rotatable bonds is 4. The highest BCUT2D eigenvalue weighted by Crippen LogP contribution is 2.23. The average Bonchev–Trinajstić information content (AvgIpc) is 2.96. The van der Waals surface area contributed by atoms with E-state index in [1.54, 1.807) is 12.1 Å². The molecule has 2 N–H and O–H groups in total. The second-order valence-corrected chi connectivity index (χ2v) is 4.02. The van der Waals surface area contributed by atoms with Crippen LogP contribution in [-0.2, 0) is 0 Å². The van der Waals surface area contributed by atoms with Gasteiger partial charge in [-0.25, -0.2) is 0 Å². The largest absolute Gasteiger partial charge is 0.392 e. The lowest BCUT2D eigenvalue weighted by Gasteiger charge is -2.22. The smallest absolute Gasteiger partial charge is 0.136 e. The highest BCUT2D eigenvalue weighted by molar-refractivity contribution is 5.55. The number of hydrogen-bond donors (Lipinski definition) is 2. The van der Waals surface area contributed by atoms with Crippen molar-refractivity contribution < 1.29 is 10.2 Å². The van der Waals surface area contributed by atoms with Gasteiger partial charge in [-0.05, 0) is 12.8 Å². The third kappa shape index (κ3) is 3.11. The summed E-state index contributed by atoms with van der Waals surface area (Å²) in [5.41, 5.74) is 0.0599. The monoisotopic (exact) mass is 258 g/mol. The van der Waals surface area contributed by atoms with Gasteiger partial charge in [0.2, 0.25) is 0 Å². The van der Waals surface area contributed by atoms with E-state index in [9.17, 15) is 15.5 Å². The Morgan fingerprint density at radius 3 is 1.89 bits per heavy atom. The van der Waals surface area contributed by atoms with E-state index < -0.39 is 6.61 Å². The predicted octanol–water partition coefficient (Wildman–Crippen LogP) is 0.188. The van der Waals surface area contributed by atoms with Crippen molar-refractivity contribution in [2.24, 2.45) is 0 Å². The van der Waals surface area contributed by atoms with Crippen molar-refractivity contribution in [1.82, 2.24) is 4.90 Å². The summed E-state index contributed by atoms with van der Waals surface area (Å²) < 4.78 is 0. The van der Waals surface area contributed by atoms with Gasteiger partial charge in [0.25, 0.3) is 0 Å². The summed E-state index contributed by atoms with van der Waals surface area (Å²) >= 11 is 0. The maximum Gasteiger partial charge on any atom is 0.136 e. The van der Waals surface area contributed by atoms with Gasteiger partial charge in [0.15, 0.2) is 0 Å². The molecule has 0 amide bonds. The van der Waals surface area contributed by atoms with Gasteiger partial charge in [0, 0.05) is 18.7 Å². The van der Waals surface area contributed by atoms with E-state index in [-0.39, 0.29) is 23.3 Å². The maximum atomic E-state index is 9.44. The lowest BCUT2D eigenvalue weighted by Crippen LogP contribution is -2.23. The van der Waals surface area contributed by atoms with Crippen LogP contribution in [0.2, 0.25) is 0 Å². The van der Waals surface area contributed by atoms with Crippen LogP contribution in [0.1, 0.15) is 12.8 Å². The number of nitrogens with zero attached hydrogens (tertiary/aromatic N) is 4. The topological polar surface area (TPSA) is 115 Å². The fourth-order valence-electron chi connectivity index (χ4n) is 2.07. The van der Waals surface area contributed by atoms with Gasteiger partial charge in [-0.2, -0.15) is 15.8 Å². The minimum atomic E-state index is -0.587. The fraction of sp³-hybridized carbons (Fsp3) is 0.462. The fourth-order valence-corrected chi connectivity index (χ4v) is 2.07. The van der Waals surface area contributed by atoms with Crippen molar-refractivity contribution in [2.45, 2.75) is 12.8 Å². The molecule has 1 aliphatic heterocycles. The Hall–Kier alpha value is -2.33. The predicted molar refractivity (Wildman–Crippen MR) is 65.9 cm³/mol. The summed E-state index contributed by atoms with van der Waals surface area (Å²) in [6.07, 6.45) is 1.92. The molecule has 0 aromatic rings. The summed E-state index contributed by atoms with van der Waals surface area (Å²) in [4.78, 5) is 1.85. The highest BCUT2D eigenvalue weighted by atomic mass is 16.3. The highest BCUT2D eigenvalue weighted by Gasteiger charge is 2.22. The molecule has 98 valence electrons. The molecule has 0 spiro atoms. The zero-order valence-corrected chi connectivity index (χ0v) is 10.4. The van der Waals surface area contributed by atoms with E-state index in [0.29, 0.717) is 18.8 Å². The van der Waals surface area contributed by atoms with Crippen molar-refractivity contribution >= 4 is 0 Å². The Morgan fingerprint density at radius 1 is 0.947 bits per heavy atom. The molecule has 0 aliphatic carbocycles. The number of likely N-dealkylation sites (tertiary alicyclic amines) is 1. The lowest BCUT2D eigenvalue weighted by molar-refractivity contribution is 0.271. The quantitative estimate of drug-likeness (QED) is 0.549. The van der Waals surface area contributed by atoms with Crippen LogP contribution in [0.25, 0.3) is 0 Å². The third-order valence-electron chi connectivity index (χ3n) is 3.02. The normalized spacial score (nSPS) is 15.0. The Balaban J connectivity index is 3.38. The summed E-state index contributed by atoms with van der Waals surface area (Å²) in [5.74, 6) is 0. The van der Waals surface area contributed by atoms with Gasteiger partial charge >= 0.3 is 0 Å². The SMILES string of the molecule is N#CC(C#N)=C(CO)/C(C#N)=C(\CO)N1CCCC1. The summed E-state index contributed by atoms with van der Waals surface area (Å²) in [5, 5.41) is 45.6. The first kappa shape index (κ1) is 14.7. The van der Waals surface area contributed by atoms with Crippen molar-refractivity contribution in [3.05, 3.63) is 22.4 Å². The Bertz CT molecular complexity index is 506. The van der Waals surface area contributed by atoms with Crippen LogP contribution in [0.15, 0.2) is 22.4 Å². The lowest BCUT2D eigenvalue weighted by atomic mass is 10.0. The molecule has 0 aromatic carbocycles. The number of nitriles is 3. The van der Waals surface area contributed by atoms with Crippen LogP contribution in [-0.4, -0.2) is 41.4 Å². The van der Waals surface area contributed by atoms with Gasteiger partial charge in [-0.15, -0.1) is 0 Å². The van der Waals surface area contributed by atoms with Crippen LogP contribution in [0.3, 0.4) is 0 Å². The van der Waals surface area contributed by atoms with Gasteiger partial charge in [-0.3, -0.25) is 0 Å². The van der Waals surface area contributed by atoms with Crippen molar-refractivity contribution in [1.29, 1.82) is 15.8 Å². The van der Waals surface area contributed by atoms with Crippen LogP contribution in [0.4, 0.5) is 0 Å². The van der Waals surface area contributed by atoms with Crippen molar-refractivity contribution in [3.63, 3.8) is 0 Å². The minimum absolute atomic E-state index is 0.0185. The number of hydrogen-bond acceptors (Lipinski definition) is 6. The average molecular weight is 258 g/mol. The molecule has 1 heterocycles. The van der Waals surface area contributed by atoms with Crippen LogP contribution in [0.5, 0.6) is 0 Å². The Labute approximate surface area is 111 Å². The third-order valence-corrected chi connectivity index (χ3v) is 3.02. The standard InChI is InChI=1S/C13H14N4O2/c14-5-10(6-15)12(8-18)11(7-16)13(9-19)17-3-1-2-4-17/h18-19H,1-4,8-9H2/b13-11+. The van der Waals surface area contributed by atoms with Gasteiger partial charge in [0.05, 0.1) is 24.5 Å². The molecule has 1 aliphatic rings. The molecule has 19 heavy (non-hydrogen) atoms. The number of aliphatic hydroxyl groups is 2. The van der Waals surface area contributed by atoms with E-state index >= 15 is 0 Å². The second kappa shape index (κ2) is 7.18. The van der Waals surface area contributed by atoms with E-state index in [1.165, 1.54) is 0 Å². The minimum Gasteiger partial charge on any atom is -0.392 e. The first-order valence-corrected chi connectivity index (χ1v) is 5.87. The van der Waals surface area contributed by atoms with E-state index in [0.717, 1.165) is 12.8 Å². The van der Waals surface area contributed by atoms with E-state index in [4.69, 9.17) is 10.5 Å². The molecule has 0 radical (unpaired) electrons. The molecule has 0 saturated carbocycles. The molecule has 6 nitrogen and oxygen atoms in total. The molecule has 0 atom stereocenters. The number of aliphatic hydroxyl groups excluding tert-OH is 2. The van der Waals surface area contributed by atoms with Crippen molar-refractivity contribution in [2.75, 3.05) is 26.3 Å². The Kier molecular flexibility index (Phi) is 5.57. The molecule has 1 fully saturated rings. The van der Waals surface area contributed by atoms with Crippen LogP contribution >= 0.6 is 0 Å². The Morgan fingerprint density at radius 2 is 1.53 bits per heavy atom. The second-order valence-electron chi connectivity index (χ2n) is 4.02. The molecule has 1 rings (SSSR count). The van der Waals surface area contributed by atoms with Gasteiger partial charge in [0.1, 0.15) is 23.8 Å². The van der Waals surface area contributed by atoms with Gasteiger partial charge in [-0.1, -0.05) is 0 Å². The van der Waals surface area contributed by atoms with E-state index in [2.05, 4.69) is 0 Å². The van der Waals surface area contributed by atoms with Crippen LogP contribution < -0.4 is 0 Å². The van der Waals surface area contributed by atoms with Crippen molar-refractivity contribution in [3.8, 4) is 18.2 Å². The molecule has 0 aromatic heterocycles. The zero-order valence-electron chi connectivity index (χ0n) is 10.4. The zero-order chi connectivity index (χ0) is 14.3. The molecule has 0 bridgehead atoms. The molecule has 6 heteroatoms.